The van der Waals surface area contributed by atoms with Crippen LogP contribution in [0.5, 0.6) is 0 Å². The van der Waals surface area contributed by atoms with Crippen LogP contribution in [0.2, 0.25) is 0 Å². The van der Waals surface area contributed by atoms with E-state index >= 15 is 0 Å². The highest BCUT2D eigenvalue weighted by Crippen LogP contribution is 2.22. The lowest BCUT2D eigenvalue weighted by molar-refractivity contribution is 0.370. The molecule has 1 atom stereocenters. The molecule has 1 rings (SSSR count). The number of aromatic amines is 1. The predicted octanol–water partition coefficient (Wildman–Crippen LogP) is 0.632. The van der Waals surface area contributed by atoms with E-state index in [1.165, 1.54) is 4.31 Å². The topological polar surface area (TPSA) is 92.1 Å². The summed E-state index contributed by atoms with van der Waals surface area (Å²) < 4.78 is 26.5. The van der Waals surface area contributed by atoms with Crippen molar-refractivity contribution >= 4 is 10.0 Å². The third-order valence-corrected chi connectivity index (χ3v) is 5.13. The number of rotatable bonds is 6. The molecule has 1 unspecified atom stereocenters. The van der Waals surface area contributed by atoms with E-state index in [0.29, 0.717) is 31.0 Å². The molecule has 0 amide bonds. The first kappa shape index (κ1) is 15.1. The van der Waals surface area contributed by atoms with E-state index < -0.39 is 10.0 Å². The van der Waals surface area contributed by atoms with Crippen molar-refractivity contribution in [2.45, 2.75) is 32.6 Å². The van der Waals surface area contributed by atoms with Gasteiger partial charge in [-0.3, -0.25) is 5.10 Å². The van der Waals surface area contributed by atoms with Gasteiger partial charge in [0.2, 0.25) is 10.0 Å². The molecule has 0 saturated heterocycles. The maximum atomic E-state index is 12.5. The summed E-state index contributed by atoms with van der Waals surface area (Å²) in [5.74, 6) is 0.132. The minimum absolute atomic E-state index is 0.132. The Kier molecular flexibility index (Phi) is 4.89. The van der Waals surface area contributed by atoms with Crippen LogP contribution in [-0.4, -0.2) is 42.6 Å². The summed E-state index contributed by atoms with van der Waals surface area (Å²) in [7, 11) is -3.49. The third-order valence-electron chi connectivity index (χ3n) is 2.93. The van der Waals surface area contributed by atoms with E-state index in [-0.39, 0.29) is 10.8 Å². The lowest BCUT2D eigenvalue weighted by Gasteiger charge is -2.23. The lowest BCUT2D eigenvalue weighted by Crippen LogP contribution is -2.37. The summed E-state index contributed by atoms with van der Waals surface area (Å²) in [4.78, 5) is 0.286. The van der Waals surface area contributed by atoms with Gasteiger partial charge in [0.1, 0.15) is 4.90 Å². The number of nitrogens with one attached hydrogen (secondary N) is 1. The van der Waals surface area contributed by atoms with E-state index in [1.54, 1.807) is 13.8 Å². The molecule has 0 aliphatic carbocycles. The van der Waals surface area contributed by atoms with Crippen molar-refractivity contribution in [2.24, 2.45) is 11.7 Å². The average Bonchev–Trinajstić information content (AvgIpc) is 2.65. The zero-order valence-electron chi connectivity index (χ0n) is 11.4. The largest absolute Gasteiger partial charge is 0.330 e. The van der Waals surface area contributed by atoms with Gasteiger partial charge in [0.25, 0.3) is 0 Å². The van der Waals surface area contributed by atoms with Crippen LogP contribution in [0.15, 0.2) is 4.90 Å². The Bertz CT molecular complexity index is 476. The molecule has 0 saturated carbocycles. The van der Waals surface area contributed by atoms with E-state index in [0.717, 1.165) is 0 Å². The Morgan fingerprint density at radius 2 is 2.06 bits per heavy atom. The molecular weight excluding hydrogens is 252 g/mol. The van der Waals surface area contributed by atoms with Crippen molar-refractivity contribution in [3.8, 4) is 0 Å². The normalized spacial score (nSPS) is 14.1. The van der Waals surface area contributed by atoms with Gasteiger partial charge in [-0.1, -0.05) is 13.8 Å². The van der Waals surface area contributed by atoms with Gasteiger partial charge in [-0.2, -0.15) is 9.40 Å². The standard InChI is InChI=1S/C11H22N4O2S/c1-5-15(7-8(2)6-12)18(16,17)11-9(3)13-14-10(11)4/h8H,5-7,12H2,1-4H3,(H,13,14). The maximum Gasteiger partial charge on any atom is 0.246 e. The fourth-order valence-electron chi connectivity index (χ4n) is 1.87. The fraction of sp³-hybridized carbons (Fsp3) is 0.727. The number of hydrogen-bond donors (Lipinski definition) is 2. The van der Waals surface area contributed by atoms with Gasteiger partial charge in [0.05, 0.1) is 11.4 Å². The van der Waals surface area contributed by atoms with Crippen LogP contribution in [0.4, 0.5) is 0 Å². The highest BCUT2D eigenvalue weighted by Gasteiger charge is 2.29. The van der Waals surface area contributed by atoms with E-state index in [9.17, 15) is 8.42 Å². The predicted molar refractivity (Wildman–Crippen MR) is 70.7 cm³/mol. The third kappa shape index (κ3) is 2.90. The molecule has 0 spiro atoms. The van der Waals surface area contributed by atoms with Crippen molar-refractivity contribution in [1.82, 2.24) is 14.5 Å². The van der Waals surface area contributed by atoms with Gasteiger partial charge < -0.3 is 5.73 Å². The van der Waals surface area contributed by atoms with Gasteiger partial charge in [-0.15, -0.1) is 0 Å². The summed E-state index contributed by atoms with van der Waals surface area (Å²) >= 11 is 0. The zero-order valence-corrected chi connectivity index (χ0v) is 12.2. The van der Waals surface area contributed by atoms with E-state index in [2.05, 4.69) is 10.2 Å². The first-order chi connectivity index (χ1) is 8.34. The van der Waals surface area contributed by atoms with Crippen LogP contribution >= 0.6 is 0 Å². The lowest BCUT2D eigenvalue weighted by atomic mass is 10.2. The Morgan fingerprint density at radius 1 is 1.44 bits per heavy atom. The van der Waals surface area contributed by atoms with E-state index in [4.69, 9.17) is 5.73 Å². The Labute approximate surface area is 109 Å². The van der Waals surface area contributed by atoms with Crippen LogP contribution in [0.1, 0.15) is 25.2 Å². The number of sulfonamides is 1. The number of nitrogens with two attached hydrogens (primary N) is 1. The Morgan fingerprint density at radius 3 is 2.44 bits per heavy atom. The van der Waals surface area contributed by atoms with Gasteiger partial charge in [-0.25, -0.2) is 8.42 Å². The summed E-state index contributed by atoms with van der Waals surface area (Å²) in [6.07, 6.45) is 0. The molecule has 1 aromatic heterocycles. The number of H-pyrrole nitrogens is 1. The highest BCUT2D eigenvalue weighted by molar-refractivity contribution is 7.89. The van der Waals surface area contributed by atoms with Gasteiger partial charge in [0, 0.05) is 13.1 Å². The van der Waals surface area contributed by atoms with Crippen molar-refractivity contribution in [2.75, 3.05) is 19.6 Å². The molecule has 0 aromatic carbocycles. The van der Waals surface area contributed by atoms with Gasteiger partial charge in [0.15, 0.2) is 0 Å². The molecule has 3 N–H and O–H groups in total. The SMILES string of the molecule is CCN(CC(C)CN)S(=O)(=O)c1c(C)n[nH]c1C. The molecule has 1 aromatic rings. The minimum atomic E-state index is -3.49. The first-order valence-electron chi connectivity index (χ1n) is 6.06. The monoisotopic (exact) mass is 274 g/mol. The minimum Gasteiger partial charge on any atom is -0.330 e. The quantitative estimate of drug-likeness (QED) is 0.796. The van der Waals surface area contributed by atoms with Crippen molar-refractivity contribution < 1.29 is 8.42 Å². The number of aromatic nitrogens is 2. The second-order valence-corrected chi connectivity index (χ2v) is 6.43. The van der Waals surface area contributed by atoms with Crippen molar-refractivity contribution in [1.29, 1.82) is 0 Å². The molecule has 104 valence electrons. The second kappa shape index (κ2) is 5.81. The van der Waals surface area contributed by atoms with Crippen molar-refractivity contribution in [3.63, 3.8) is 0 Å². The molecule has 6 nitrogen and oxygen atoms in total. The molecule has 0 aliphatic rings. The van der Waals surface area contributed by atoms with Crippen LogP contribution in [0.25, 0.3) is 0 Å². The maximum absolute atomic E-state index is 12.5. The summed E-state index contributed by atoms with van der Waals surface area (Å²) in [5, 5.41) is 6.65. The summed E-state index contributed by atoms with van der Waals surface area (Å²) in [5.41, 5.74) is 6.64. The Hall–Kier alpha value is -0.920. The fourth-order valence-corrected chi connectivity index (χ4v) is 3.77. The average molecular weight is 274 g/mol. The van der Waals surface area contributed by atoms with Crippen LogP contribution in [0, 0.1) is 19.8 Å². The summed E-state index contributed by atoms with van der Waals surface area (Å²) in [6, 6.07) is 0. The van der Waals surface area contributed by atoms with Crippen LogP contribution in [-0.2, 0) is 10.0 Å². The molecule has 0 radical (unpaired) electrons. The molecule has 1 heterocycles. The highest BCUT2D eigenvalue weighted by atomic mass is 32.2. The zero-order chi connectivity index (χ0) is 13.9. The molecule has 0 aliphatic heterocycles. The number of hydrogen-bond acceptors (Lipinski definition) is 4. The van der Waals surface area contributed by atoms with E-state index in [1.807, 2.05) is 13.8 Å². The van der Waals surface area contributed by atoms with Crippen LogP contribution < -0.4 is 5.73 Å². The first-order valence-corrected chi connectivity index (χ1v) is 7.50. The molecular formula is C11H22N4O2S. The van der Waals surface area contributed by atoms with Gasteiger partial charge >= 0.3 is 0 Å². The summed E-state index contributed by atoms with van der Waals surface area (Å²) in [6.45, 7) is 8.49. The second-order valence-electron chi connectivity index (χ2n) is 4.56. The molecule has 0 bridgehead atoms. The van der Waals surface area contributed by atoms with Crippen molar-refractivity contribution in [3.05, 3.63) is 11.4 Å². The number of aryl methyl sites for hydroxylation is 2. The van der Waals surface area contributed by atoms with Crippen LogP contribution in [0.3, 0.4) is 0 Å². The molecule has 18 heavy (non-hydrogen) atoms. The van der Waals surface area contributed by atoms with Gasteiger partial charge in [-0.05, 0) is 26.3 Å². The molecule has 0 fully saturated rings. The Balaban J connectivity index is 3.12. The number of nitrogens with zero attached hydrogens (tertiary/aromatic N) is 2. The smallest absolute Gasteiger partial charge is 0.246 e. The molecule has 7 heteroatoms.